The number of halogens is 1. The Bertz CT molecular complexity index is 507. The summed E-state index contributed by atoms with van der Waals surface area (Å²) >= 11 is 2.28. The Kier molecular flexibility index (Phi) is 3.98. The molecule has 4 nitrogen and oxygen atoms in total. The topological polar surface area (TPSA) is 56.7 Å². The molecule has 0 fully saturated rings. The third-order valence-electron chi connectivity index (χ3n) is 2.61. The van der Waals surface area contributed by atoms with E-state index >= 15 is 0 Å². The standard InChI is InChI=1S/C12H15IN4/c1-2-3-7-10-12(13)17(16-15-10)11-8-5-4-6-9(11)14/h4-6,8H,2-3,7,14H2,1H3. The molecule has 0 atom stereocenters. The van der Waals surface area contributed by atoms with Crippen LogP contribution in [-0.4, -0.2) is 15.0 Å². The van der Waals surface area contributed by atoms with Crippen LogP contribution in [0.5, 0.6) is 0 Å². The first kappa shape index (κ1) is 12.3. The van der Waals surface area contributed by atoms with Crippen molar-refractivity contribution in [3.63, 3.8) is 0 Å². The number of anilines is 1. The Morgan fingerprint density at radius 3 is 2.82 bits per heavy atom. The molecule has 0 radical (unpaired) electrons. The van der Waals surface area contributed by atoms with Crippen LogP contribution in [-0.2, 0) is 6.42 Å². The number of hydrogen-bond donors (Lipinski definition) is 1. The predicted octanol–water partition coefficient (Wildman–Crippen LogP) is 2.80. The van der Waals surface area contributed by atoms with Gasteiger partial charge in [0.2, 0.25) is 0 Å². The van der Waals surface area contributed by atoms with Crippen LogP contribution in [0.1, 0.15) is 25.5 Å². The minimum absolute atomic E-state index is 0.720. The van der Waals surface area contributed by atoms with E-state index in [9.17, 15) is 0 Å². The second kappa shape index (κ2) is 5.48. The van der Waals surface area contributed by atoms with E-state index in [0.29, 0.717) is 0 Å². The molecule has 2 aromatic rings. The third-order valence-corrected chi connectivity index (χ3v) is 3.69. The Hall–Kier alpha value is -1.11. The molecule has 0 unspecified atom stereocenters. The second-order valence-electron chi connectivity index (χ2n) is 3.90. The first-order valence-corrected chi connectivity index (χ1v) is 6.77. The number of aromatic nitrogens is 3. The fourth-order valence-corrected chi connectivity index (χ4v) is 2.37. The van der Waals surface area contributed by atoms with E-state index in [2.05, 4.69) is 39.8 Å². The maximum Gasteiger partial charge on any atom is 0.128 e. The molecule has 0 aliphatic rings. The highest BCUT2D eigenvalue weighted by atomic mass is 127. The summed E-state index contributed by atoms with van der Waals surface area (Å²) < 4.78 is 2.86. The maximum absolute atomic E-state index is 5.94. The lowest BCUT2D eigenvalue weighted by atomic mass is 10.2. The first-order valence-electron chi connectivity index (χ1n) is 5.69. The molecule has 0 bridgehead atoms. The van der Waals surface area contributed by atoms with Crippen molar-refractivity contribution in [3.8, 4) is 5.69 Å². The first-order chi connectivity index (χ1) is 8.24. The van der Waals surface area contributed by atoms with Gasteiger partial charge in [0.1, 0.15) is 3.70 Å². The molecule has 0 saturated heterocycles. The van der Waals surface area contributed by atoms with E-state index in [1.807, 2.05) is 24.3 Å². The SMILES string of the molecule is CCCCc1nnn(-c2ccccc2N)c1I. The van der Waals surface area contributed by atoms with Crippen molar-refractivity contribution in [2.75, 3.05) is 5.73 Å². The molecule has 1 aromatic heterocycles. The number of rotatable bonds is 4. The zero-order valence-corrected chi connectivity index (χ0v) is 11.9. The van der Waals surface area contributed by atoms with Crippen molar-refractivity contribution < 1.29 is 0 Å². The molecule has 0 saturated carbocycles. The second-order valence-corrected chi connectivity index (χ2v) is 4.92. The fourth-order valence-electron chi connectivity index (χ4n) is 1.63. The van der Waals surface area contributed by atoms with Gasteiger partial charge in [-0.05, 0) is 47.6 Å². The highest BCUT2D eigenvalue weighted by Gasteiger charge is 2.12. The molecule has 2 rings (SSSR count). The summed E-state index contributed by atoms with van der Waals surface area (Å²) in [7, 11) is 0. The normalized spacial score (nSPS) is 10.7. The molecule has 0 aliphatic carbocycles. The van der Waals surface area contributed by atoms with Crippen LogP contribution in [0.2, 0.25) is 0 Å². The van der Waals surface area contributed by atoms with Gasteiger partial charge < -0.3 is 5.73 Å². The summed E-state index contributed by atoms with van der Waals surface area (Å²) in [5.41, 5.74) is 8.61. The van der Waals surface area contributed by atoms with Gasteiger partial charge in [0.15, 0.2) is 0 Å². The van der Waals surface area contributed by atoms with Crippen LogP contribution in [0.25, 0.3) is 5.69 Å². The van der Waals surface area contributed by atoms with Gasteiger partial charge in [-0.3, -0.25) is 0 Å². The van der Waals surface area contributed by atoms with Crippen LogP contribution in [0.4, 0.5) is 5.69 Å². The van der Waals surface area contributed by atoms with Gasteiger partial charge in [0.25, 0.3) is 0 Å². The van der Waals surface area contributed by atoms with E-state index in [0.717, 1.165) is 40.0 Å². The van der Waals surface area contributed by atoms with Gasteiger partial charge in [-0.2, -0.15) is 0 Å². The lowest BCUT2D eigenvalue weighted by Crippen LogP contribution is -2.03. The molecule has 90 valence electrons. The molecule has 0 aliphatic heterocycles. The number of nitrogens with two attached hydrogens (primary N) is 1. The molecule has 1 aromatic carbocycles. The number of nitrogen functional groups attached to an aromatic ring is 1. The van der Waals surface area contributed by atoms with E-state index in [1.165, 1.54) is 0 Å². The summed E-state index contributed by atoms with van der Waals surface area (Å²) in [5.74, 6) is 0. The van der Waals surface area contributed by atoms with Crippen molar-refractivity contribution in [2.45, 2.75) is 26.2 Å². The molecular weight excluding hydrogens is 327 g/mol. The summed E-state index contributed by atoms with van der Waals surface area (Å²) in [4.78, 5) is 0. The molecular formula is C12H15IN4. The Morgan fingerprint density at radius 2 is 2.12 bits per heavy atom. The van der Waals surface area contributed by atoms with Gasteiger partial charge >= 0.3 is 0 Å². The molecule has 5 heteroatoms. The number of nitrogens with zero attached hydrogens (tertiary/aromatic N) is 3. The van der Waals surface area contributed by atoms with Gasteiger partial charge in [0.05, 0.1) is 17.1 Å². The maximum atomic E-state index is 5.94. The molecule has 2 N–H and O–H groups in total. The van der Waals surface area contributed by atoms with Crippen LogP contribution in [0.15, 0.2) is 24.3 Å². The zero-order chi connectivity index (χ0) is 12.3. The number of aryl methyl sites for hydroxylation is 1. The summed E-state index contributed by atoms with van der Waals surface area (Å²) in [6.07, 6.45) is 3.27. The van der Waals surface area contributed by atoms with Crippen LogP contribution in [0.3, 0.4) is 0 Å². The Balaban J connectivity index is 2.34. The number of para-hydroxylation sites is 2. The zero-order valence-electron chi connectivity index (χ0n) is 9.73. The average Bonchev–Trinajstić information content (AvgIpc) is 2.69. The smallest absolute Gasteiger partial charge is 0.128 e. The molecule has 0 spiro atoms. The third kappa shape index (κ3) is 2.59. The summed E-state index contributed by atoms with van der Waals surface area (Å²) in [6.45, 7) is 2.17. The molecule has 17 heavy (non-hydrogen) atoms. The Morgan fingerprint density at radius 1 is 1.35 bits per heavy atom. The van der Waals surface area contributed by atoms with Crippen molar-refractivity contribution in [1.82, 2.24) is 15.0 Å². The quantitative estimate of drug-likeness (QED) is 0.687. The van der Waals surface area contributed by atoms with E-state index in [-0.39, 0.29) is 0 Å². The Labute approximate surface area is 114 Å². The fraction of sp³-hybridized carbons (Fsp3) is 0.333. The number of unbranched alkanes of at least 4 members (excludes halogenated alkanes) is 1. The highest BCUT2D eigenvalue weighted by Crippen LogP contribution is 2.20. The van der Waals surface area contributed by atoms with E-state index < -0.39 is 0 Å². The van der Waals surface area contributed by atoms with Crippen LogP contribution in [0, 0.1) is 3.70 Å². The largest absolute Gasteiger partial charge is 0.397 e. The van der Waals surface area contributed by atoms with E-state index in [1.54, 1.807) is 4.68 Å². The summed E-state index contributed by atoms with van der Waals surface area (Å²) in [6, 6.07) is 7.70. The molecule has 0 amide bonds. The lowest BCUT2D eigenvalue weighted by molar-refractivity contribution is 0.761. The molecule has 1 heterocycles. The summed E-state index contributed by atoms with van der Waals surface area (Å²) in [5, 5.41) is 8.40. The highest BCUT2D eigenvalue weighted by molar-refractivity contribution is 14.1. The monoisotopic (exact) mass is 342 g/mol. The van der Waals surface area contributed by atoms with Crippen molar-refractivity contribution in [2.24, 2.45) is 0 Å². The van der Waals surface area contributed by atoms with Gasteiger partial charge in [0, 0.05) is 0 Å². The number of hydrogen-bond acceptors (Lipinski definition) is 3. The van der Waals surface area contributed by atoms with E-state index in [4.69, 9.17) is 5.73 Å². The van der Waals surface area contributed by atoms with Crippen molar-refractivity contribution in [1.29, 1.82) is 0 Å². The van der Waals surface area contributed by atoms with Crippen LogP contribution >= 0.6 is 22.6 Å². The van der Waals surface area contributed by atoms with Crippen LogP contribution < -0.4 is 5.73 Å². The lowest BCUT2D eigenvalue weighted by Gasteiger charge is -2.05. The minimum Gasteiger partial charge on any atom is -0.397 e. The minimum atomic E-state index is 0.720. The average molecular weight is 342 g/mol. The van der Waals surface area contributed by atoms with Crippen molar-refractivity contribution in [3.05, 3.63) is 33.7 Å². The van der Waals surface area contributed by atoms with Gasteiger partial charge in [-0.15, -0.1) is 5.10 Å². The predicted molar refractivity (Wildman–Crippen MR) is 77.1 cm³/mol. The number of benzene rings is 1. The van der Waals surface area contributed by atoms with Gasteiger partial charge in [-0.25, -0.2) is 4.68 Å². The van der Waals surface area contributed by atoms with Crippen molar-refractivity contribution >= 4 is 28.3 Å². The van der Waals surface area contributed by atoms with Gasteiger partial charge in [-0.1, -0.05) is 30.7 Å².